The Morgan fingerprint density at radius 3 is 2.62 bits per heavy atom. The highest BCUT2D eigenvalue weighted by atomic mass is 19.1. The van der Waals surface area contributed by atoms with Crippen molar-refractivity contribution in [2.75, 3.05) is 19.1 Å². The predicted octanol–water partition coefficient (Wildman–Crippen LogP) is 3.49. The maximum atomic E-state index is 14.0. The highest BCUT2D eigenvalue weighted by Gasteiger charge is 2.15. The fourth-order valence-corrected chi connectivity index (χ4v) is 2.44. The first kappa shape index (κ1) is 15.3. The van der Waals surface area contributed by atoms with Gasteiger partial charge in [-0.25, -0.2) is 4.39 Å². The zero-order valence-corrected chi connectivity index (χ0v) is 12.6. The Balaban J connectivity index is 2.28. The molecule has 0 saturated carbocycles. The van der Waals surface area contributed by atoms with Crippen LogP contribution in [0.5, 0.6) is 5.75 Å². The Kier molecular flexibility index (Phi) is 4.81. The van der Waals surface area contributed by atoms with Crippen LogP contribution in [0.2, 0.25) is 0 Å². The van der Waals surface area contributed by atoms with Crippen molar-refractivity contribution in [3.8, 4) is 5.75 Å². The van der Waals surface area contributed by atoms with E-state index < -0.39 is 0 Å². The molecule has 0 spiro atoms. The Morgan fingerprint density at radius 1 is 1.24 bits per heavy atom. The van der Waals surface area contributed by atoms with Crippen molar-refractivity contribution in [2.24, 2.45) is 5.73 Å². The zero-order valence-electron chi connectivity index (χ0n) is 12.6. The first-order chi connectivity index (χ1) is 10.0. The number of benzene rings is 2. The normalized spacial score (nSPS) is 12.0. The summed E-state index contributed by atoms with van der Waals surface area (Å²) in [6.07, 6.45) is 0. The van der Waals surface area contributed by atoms with E-state index in [9.17, 15) is 4.39 Å². The largest absolute Gasteiger partial charge is 0.497 e. The summed E-state index contributed by atoms with van der Waals surface area (Å²) in [6.45, 7) is 2.45. The number of halogens is 1. The lowest BCUT2D eigenvalue weighted by Gasteiger charge is -2.24. The van der Waals surface area contributed by atoms with Gasteiger partial charge in [-0.15, -0.1) is 0 Å². The minimum Gasteiger partial charge on any atom is -0.497 e. The second kappa shape index (κ2) is 6.59. The van der Waals surface area contributed by atoms with E-state index in [1.165, 1.54) is 6.07 Å². The number of ether oxygens (including phenoxy) is 1. The van der Waals surface area contributed by atoms with Crippen LogP contribution in [0.4, 0.5) is 10.1 Å². The Bertz CT molecular complexity index is 613. The van der Waals surface area contributed by atoms with Crippen LogP contribution in [0.25, 0.3) is 0 Å². The third-order valence-corrected chi connectivity index (χ3v) is 3.45. The molecule has 0 saturated heterocycles. The average Bonchev–Trinajstić information content (AvgIpc) is 2.46. The first-order valence-corrected chi connectivity index (χ1v) is 6.91. The summed E-state index contributed by atoms with van der Waals surface area (Å²) in [7, 11) is 3.57. The molecule has 2 aromatic carbocycles. The van der Waals surface area contributed by atoms with Crippen LogP contribution in [0.1, 0.15) is 24.1 Å². The van der Waals surface area contributed by atoms with Crippen molar-refractivity contribution < 1.29 is 9.13 Å². The number of hydrogen-bond donors (Lipinski definition) is 1. The summed E-state index contributed by atoms with van der Waals surface area (Å²) in [6, 6.07) is 12.5. The van der Waals surface area contributed by atoms with E-state index in [0.29, 0.717) is 12.1 Å². The fraction of sp³-hybridized carbons (Fsp3) is 0.294. The molecule has 0 heterocycles. The van der Waals surface area contributed by atoms with Crippen molar-refractivity contribution in [3.05, 3.63) is 59.4 Å². The van der Waals surface area contributed by atoms with Gasteiger partial charge in [0.05, 0.1) is 7.11 Å². The highest BCUT2D eigenvalue weighted by Crippen LogP contribution is 2.28. The van der Waals surface area contributed by atoms with Crippen LogP contribution in [0.15, 0.2) is 42.5 Å². The van der Waals surface area contributed by atoms with Crippen LogP contribution in [0, 0.1) is 5.82 Å². The van der Waals surface area contributed by atoms with Gasteiger partial charge in [0.2, 0.25) is 0 Å². The summed E-state index contributed by atoms with van der Waals surface area (Å²) < 4.78 is 19.2. The predicted molar refractivity (Wildman–Crippen MR) is 84.1 cm³/mol. The molecule has 112 valence electrons. The monoisotopic (exact) mass is 288 g/mol. The van der Waals surface area contributed by atoms with Gasteiger partial charge in [-0.05, 0) is 36.8 Å². The lowest BCUT2D eigenvalue weighted by molar-refractivity contribution is 0.414. The van der Waals surface area contributed by atoms with Crippen LogP contribution in [-0.4, -0.2) is 14.2 Å². The maximum absolute atomic E-state index is 14.0. The molecular formula is C17H21FN2O. The van der Waals surface area contributed by atoms with Crippen molar-refractivity contribution >= 4 is 5.69 Å². The average molecular weight is 288 g/mol. The van der Waals surface area contributed by atoms with Gasteiger partial charge >= 0.3 is 0 Å². The number of rotatable bonds is 5. The molecule has 3 nitrogen and oxygen atoms in total. The molecule has 4 heteroatoms. The zero-order chi connectivity index (χ0) is 15.4. The minimum absolute atomic E-state index is 0.264. The summed E-state index contributed by atoms with van der Waals surface area (Å²) in [5, 5.41) is 0. The van der Waals surface area contributed by atoms with Gasteiger partial charge in [0.1, 0.15) is 11.6 Å². The highest BCUT2D eigenvalue weighted by molar-refractivity contribution is 5.55. The topological polar surface area (TPSA) is 38.5 Å². The lowest BCUT2D eigenvalue weighted by Crippen LogP contribution is -2.21. The molecule has 0 bridgehead atoms. The molecule has 0 amide bonds. The molecule has 2 N–H and O–H groups in total. The summed E-state index contributed by atoms with van der Waals surface area (Å²) in [5.74, 6) is 0.549. The van der Waals surface area contributed by atoms with E-state index in [-0.39, 0.29) is 11.9 Å². The number of methoxy groups -OCH3 is 1. The Morgan fingerprint density at radius 2 is 1.95 bits per heavy atom. The van der Waals surface area contributed by atoms with Gasteiger partial charge in [-0.1, -0.05) is 18.2 Å². The van der Waals surface area contributed by atoms with E-state index in [4.69, 9.17) is 10.5 Å². The second-order valence-corrected chi connectivity index (χ2v) is 5.17. The third kappa shape index (κ3) is 3.52. The molecule has 0 aliphatic heterocycles. The molecule has 2 rings (SSSR count). The summed E-state index contributed by atoms with van der Waals surface area (Å²) in [4.78, 5) is 2.00. The van der Waals surface area contributed by atoms with Crippen molar-refractivity contribution in [2.45, 2.75) is 19.5 Å². The molecule has 0 aliphatic rings. The number of nitrogens with zero attached hydrogens (tertiary/aromatic N) is 1. The van der Waals surface area contributed by atoms with Gasteiger partial charge in [-0.3, -0.25) is 0 Å². The van der Waals surface area contributed by atoms with Crippen molar-refractivity contribution in [1.29, 1.82) is 0 Å². The van der Waals surface area contributed by atoms with E-state index in [1.54, 1.807) is 20.1 Å². The lowest BCUT2D eigenvalue weighted by atomic mass is 10.0. The standard InChI is InChI=1S/C17H21FN2O/c1-12(19)17-15(18)8-5-9-16(17)20(2)11-13-6-4-7-14(10-13)21-3/h4-10,12H,11,19H2,1-3H3/t12-/m0/s1. The molecule has 1 atom stereocenters. The van der Waals surface area contributed by atoms with E-state index in [0.717, 1.165) is 17.0 Å². The molecular weight excluding hydrogens is 267 g/mol. The minimum atomic E-state index is -0.353. The van der Waals surface area contributed by atoms with Crippen LogP contribution < -0.4 is 15.4 Å². The Hall–Kier alpha value is -2.07. The summed E-state index contributed by atoms with van der Waals surface area (Å²) >= 11 is 0. The molecule has 2 aromatic rings. The molecule has 0 radical (unpaired) electrons. The first-order valence-electron chi connectivity index (χ1n) is 6.91. The van der Waals surface area contributed by atoms with Crippen molar-refractivity contribution in [3.63, 3.8) is 0 Å². The molecule has 0 fully saturated rings. The van der Waals surface area contributed by atoms with Gasteiger partial charge in [0.15, 0.2) is 0 Å². The maximum Gasteiger partial charge on any atom is 0.130 e. The van der Waals surface area contributed by atoms with Gasteiger partial charge in [-0.2, -0.15) is 0 Å². The fourth-order valence-electron chi connectivity index (χ4n) is 2.44. The second-order valence-electron chi connectivity index (χ2n) is 5.17. The molecule has 0 unspecified atom stereocenters. The van der Waals surface area contributed by atoms with E-state index >= 15 is 0 Å². The molecule has 0 aliphatic carbocycles. The number of anilines is 1. The van der Waals surface area contributed by atoms with Gasteiger partial charge < -0.3 is 15.4 Å². The third-order valence-electron chi connectivity index (χ3n) is 3.45. The quantitative estimate of drug-likeness (QED) is 0.915. The van der Waals surface area contributed by atoms with Crippen molar-refractivity contribution in [1.82, 2.24) is 0 Å². The van der Waals surface area contributed by atoms with E-state index in [1.807, 2.05) is 42.3 Å². The molecule has 0 aromatic heterocycles. The Labute approximate surface area is 125 Å². The SMILES string of the molecule is COc1cccc(CN(C)c2cccc(F)c2[C@H](C)N)c1. The van der Waals surface area contributed by atoms with Gasteiger partial charge in [0.25, 0.3) is 0 Å². The van der Waals surface area contributed by atoms with Crippen LogP contribution in [0.3, 0.4) is 0 Å². The molecule has 21 heavy (non-hydrogen) atoms. The van der Waals surface area contributed by atoms with Crippen LogP contribution in [-0.2, 0) is 6.54 Å². The smallest absolute Gasteiger partial charge is 0.130 e. The van der Waals surface area contributed by atoms with Gasteiger partial charge in [0, 0.05) is 30.9 Å². The van der Waals surface area contributed by atoms with Crippen LogP contribution >= 0.6 is 0 Å². The number of nitrogens with two attached hydrogens (primary N) is 1. The summed E-state index contributed by atoms with van der Waals surface area (Å²) in [5.41, 5.74) is 8.36. The number of hydrogen-bond acceptors (Lipinski definition) is 3. The van der Waals surface area contributed by atoms with E-state index in [2.05, 4.69) is 0 Å².